The fraction of sp³-hybridized carbons (Fsp3) is 0.417. The van der Waals surface area contributed by atoms with Crippen LogP contribution in [0.2, 0.25) is 0 Å². The predicted molar refractivity (Wildman–Crippen MR) is 71.8 cm³/mol. The van der Waals surface area contributed by atoms with Crippen LogP contribution in [0.1, 0.15) is 12.0 Å². The molecule has 5 heteroatoms. The summed E-state index contributed by atoms with van der Waals surface area (Å²) in [6, 6.07) is 4.02. The van der Waals surface area contributed by atoms with Crippen LogP contribution in [0.5, 0.6) is 0 Å². The van der Waals surface area contributed by atoms with E-state index < -0.39 is 5.97 Å². The number of carbonyl (C=O) groups is 1. The van der Waals surface area contributed by atoms with Gasteiger partial charge in [-0.3, -0.25) is 4.79 Å². The van der Waals surface area contributed by atoms with Crippen molar-refractivity contribution >= 4 is 33.3 Å². The smallest absolute Gasteiger partial charge is 0.323 e. The van der Waals surface area contributed by atoms with Gasteiger partial charge in [0, 0.05) is 17.6 Å². The van der Waals surface area contributed by atoms with Crippen molar-refractivity contribution in [1.29, 1.82) is 0 Å². The van der Waals surface area contributed by atoms with E-state index in [1.54, 1.807) is 0 Å². The lowest BCUT2D eigenvalue weighted by atomic mass is 10.1. The van der Waals surface area contributed by atoms with Gasteiger partial charge in [0.2, 0.25) is 0 Å². The number of hydrogen-bond acceptors (Lipinski definition) is 3. The van der Waals surface area contributed by atoms with E-state index in [1.165, 1.54) is 0 Å². The number of aliphatic carboxylic acids is 1. The first kappa shape index (κ1) is 12.2. The molecule has 0 aliphatic carbocycles. The molecular formula is C12H15BrN2O2. The third kappa shape index (κ3) is 2.72. The van der Waals surface area contributed by atoms with Crippen LogP contribution in [0.15, 0.2) is 16.6 Å². The van der Waals surface area contributed by atoms with Crippen LogP contribution < -0.4 is 10.2 Å². The minimum Gasteiger partial charge on any atom is -0.480 e. The average molecular weight is 299 g/mol. The molecule has 1 aromatic rings. The number of carboxylic acids is 1. The van der Waals surface area contributed by atoms with Gasteiger partial charge < -0.3 is 15.3 Å². The van der Waals surface area contributed by atoms with E-state index >= 15 is 0 Å². The maximum absolute atomic E-state index is 10.9. The molecule has 0 aromatic heterocycles. The van der Waals surface area contributed by atoms with Crippen LogP contribution in [0, 0.1) is 6.92 Å². The minimum atomic E-state index is -0.792. The molecule has 1 heterocycles. The van der Waals surface area contributed by atoms with Crippen LogP contribution in [0.4, 0.5) is 11.4 Å². The summed E-state index contributed by atoms with van der Waals surface area (Å²) in [7, 11) is 0. The first-order chi connectivity index (χ1) is 8.08. The molecule has 17 heavy (non-hydrogen) atoms. The lowest BCUT2D eigenvalue weighted by Crippen LogP contribution is -2.30. The number of rotatable bonds is 2. The fourth-order valence-corrected chi connectivity index (χ4v) is 2.79. The number of aryl methyl sites for hydroxylation is 1. The van der Waals surface area contributed by atoms with E-state index in [9.17, 15) is 4.79 Å². The lowest BCUT2D eigenvalue weighted by molar-refractivity contribution is -0.135. The first-order valence-electron chi connectivity index (χ1n) is 5.58. The van der Waals surface area contributed by atoms with Gasteiger partial charge in [0.05, 0.1) is 11.4 Å². The van der Waals surface area contributed by atoms with Crippen molar-refractivity contribution in [1.82, 2.24) is 0 Å². The average Bonchev–Trinajstić information content (AvgIpc) is 2.39. The normalized spacial score (nSPS) is 14.8. The topological polar surface area (TPSA) is 52.6 Å². The van der Waals surface area contributed by atoms with Gasteiger partial charge in [-0.15, -0.1) is 0 Å². The molecule has 4 nitrogen and oxygen atoms in total. The third-order valence-corrected chi connectivity index (χ3v) is 3.29. The van der Waals surface area contributed by atoms with Gasteiger partial charge in [-0.25, -0.2) is 0 Å². The largest absolute Gasteiger partial charge is 0.480 e. The quantitative estimate of drug-likeness (QED) is 0.881. The molecule has 0 saturated heterocycles. The van der Waals surface area contributed by atoms with Gasteiger partial charge in [0.15, 0.2) is 0 Å². The summed E-state index contributed by atoms with van der Waals surface area (Å²) in [5.41, 5.74) is 3.11. The minimum absolute atomic E-state index is 0.0527. The van der Waals surface area contributed by atoms with Gasteiger partial charge in [-0.2, -0.15) is 0 Å². The summed E-state index contributed by atoms with van der Waals surface area (Å²) in [5, 5.41) is 12.3. The molecule has 0 saturated carbocycles. The van der Waals surface area contributed by atoms with Crippen molar-refractivity contribution in [2.75, 3.05) is 29.9 Å². The summed E-state index contributed by atoms with van der Waals surface area (Å²) < 4.78 is 1.01. The molecule has 0 radical (unpaired) electrons. The van der Waals surface area contributed by atoms with Gasteiger partial charge in [0.1, 0.15) is 6.54 Å². The Kier molecular flexibility index (Phi) is 3.57. The molecule has 1 aromatic carbocycles. The standard InChI is InChI=1S/C12H15BrN2O2/c1-8-5-9(13)6-10-12(8)15(7-11(16)17)4-2-3-14-10/h5-6,14H,2-4,7H2,1H3,(H,16,17). The molecule has 0 fully saturated rings. The Morgan fingerprint density at radius 1 is 1.59 bits per heavy atom. The number of nitrogens with one attached hydrogen (secondary N) is 1. The molecular weight excluding hydrogens is 284 g/mol. The molecule has 1 aliphatic heterocycles. The molecule has 92 valence electrons. The van der Waals surface area contributed by atoms with Crippen LogP contribution >= 0.6 is 15.9 Å². The molecule has 0 unspecified atom stereocenters. The Morgan fingerprint density at radius 2 is 2.35 bits per heavy atom. The second kappa shape index (κ2) is 4.96. The van der Waals surface area contributed by atoms with Crippen LogP contribution in [-0.2, 0) is 4.79 Å². The Balaban J connectivity index is 2.43. The number of anilines is 2. The Hall–Kier alpha value is -1.23. The summed E-state index contributed by atoms with van der Waals surface area (Å²) in [4.78, 5) is 12.8. The van der Waals surface area contributed by atoms with E-state index in [1.807, 2.05) is 24.0 Å². The number of fused-ring (bicyclic) bond motifs is 1. The van der Waals surface area contributed by atoms with Crippen molar-refractivity contribution in [3.05, 3.63) is 22.2 Å². The highest BCUT2D eigenvalue weighted by molar-refractivity contribution is 9.10. The van der Waals surface area contributed by atoms with E-state index in [2.05, 4.69) is 21.2 Å². The zero-order valence-electron chi connectivity index (χ0n) is 9.66. The lowest BCUT2D eigenvalue weighted by Gasteiger charge is -2.24. The number of nitrogens with zero attached hydrogens (tertiary/aromatic N) is 1. The summed E-state index contributed by atoms with van der Waals surface area (Å²) in [6.45, 7) is 3.70. The molecule has 1 aliphatic rings. The monoisotopic (exact) mass is 298 g/mol. The number of halogens is 1. The van der Waals surface area contributed by atoms with E-state index in [-0.39, 0.29) is 6.54 Å². The Morgan fingerprint density at radius 3 is 3.06 bits per heavy atom. The van der Waals surface area contributed by atoms with Crippen molar-refractivity contribution in [2.24, 2.45) is 0 Å². The van der Waals surface area contributed by atoms with Crippen molar-refractivity contribution < 1.29 is 9.90 Å². The van der Waals surface area contributed by atoms with Crippen LogP contribution in [-0.4, -0.2) is 30.7 Å². The summed E-state index contributed by atoms with van der Waals surface area (Å²) in [6.07, 6.45) is 0.943. The van der Waals surface area contributed by atoms with Crippen molar-refractivity contribution in [2.45, 2.75) is 13.3 Å². The highest BCUT2D eigenvalue weighted by atomic mass is 79.9. The van der Waals surface area contributed by atoms with Crippen LogP contribution in [0.3, 0.4) is 0 Å². The molecule has 0 bridgehead atoms. The second-order valence-electron chi connectivity index (χ2n) is 4.21. The second-order valence-corrected chi connectivity index (χ2v) is 5.13. The number of hydrogen-bond donors (Lipinski definition) is 2. The summed E-state index contributed by atoms with van der Waals surface area (Å²) in [5.74, 6) is -0.792. The van der Waals surface area contributed by atoms with Gasteiger partial charge >= 0.3 is 5.97 Å². The first-order valence-corrected chi connectivity index (χ1v) is 6.38. The highest BCUT2D eigenvalue weighted by Gasteiger charge is 2.19. The predicted octanol–water partition coefficient (Wildman–Crippen LogP) is 2.46. The molecule has 2 N–H and O–H groups in total. The zero-order chi connectivity index (χ0) is 12.4. The van der Waals surface area contributed by atoms with Crippen LogP contribution in [0.25, 0.3) is 0 Å². The van der Waals surface area contributed by atoms with E-state index in [0.29, 0.717) is 0 Å². The Bertz CT molecular complexity index is 448. The summed E-state index contributed by atoms with van der Waals surface area (Å²) >= 11 is 3.46. The van der Waals surface area contributed by atoms with Gasteiger partial charge in [0.25, 0.3) is 0 Å². The number of benzene rings is 1. The van der Waals surface area contributed by atoms with Crippen molar-refractivity contribution in [3.8, 4) is 0 Å². The maximum atomic E-state index is 10.9. The van der Waals surface area contributed by atoms with E-state index in [0.717, 1.165) is 40.9 Å². The van der Waals surface area contributed by atoms with E-state index in [4.69, 9.17) is 5.11 Å². The van der Waals surface area contributed by atoms with Gasteiger partial charge in [-0.1, -0.05) is 15.9 Å². The third-order valence-electron chi connectivity index (χ3n) is 2.83. The number of carboxylic acid groups (broad SMARTS) is 1. The molecule has 0 atom stereocenters. The SMILES string of the molecule is Cc1cc(Br)cc2c1N(CC(=O)O)CCCN2. The van der Waals surface area contributed by atoms with Gasteiger partial charge in [-0.05, 0) is 31.0 Å². The molecule has 0 spiro atoms. The molecule has 2 rings (SSSR count). The maximum Gasteiger partial charge on any atom is 0.323 e. The Labute approximate surface area is 109 Å². The molecule has 0 amide bonds. The fourth-order valence-electron chi connectivity index (χ4n) is 2.22. The zero-order valence-corrected chi connectivity index (χ0v) is 11.2. The van der Waals surface area contributed by atoms with Crippen molar-refractivity contribution in [3.63, 3.8) is 0 Å². The highest BCUT2D eigenvalue weighted by Crippen LogP contribution is 2.34.